The van der Waals surface area contributed by atoms with Crippen LogP contribution >= 0.6 is 0 Å². The van der Waals surface area contributed by atoms with Crippen molar-refractivity contribution in [1.29, 1.82) is 0 Å². The van der Waals surface area contributed by atoms with Crippen molar-refractivity contribution in [3.05, 3.63) is 63.6 Å². The van der Waals surface area contributed by atoms with E-state index in [0.29, 0.717) is 12.2 Å². The van der Waals surface area contributed by atoms with Crippen molar-refractivity contribution in [2.24, 2.45) is 5.73 Å². The fourth-order valence-corrected chi connectivity index (χ4v) is 4.69. The van der Waals surface area contributed by atoms with E-state index >= 15 is 0 Å². The van der Waals surface area contributed by atoms with Gasteiger partial charge >= 0.3 is 0 Å². The number of rotatable bonds is 5. The van der Waals surface area contributed by atoms with Gasteiger partial charge in [0.2, 0.25) is 0 Å². The molecule has 0 atom stereocenters. The Labute approximate surface area is 192 Å². The van der Waals surface area contributed by atoms with E-state index in [2.05, 4.69) is 53.0 Å². The van der Waals surface area contributed by atoms with Crippen molar-refractivity contribution in [3.8, 4) is 11.3 Å². The van der Waals surface area contributed by atoms with Crippen LogP contribution in [-0.2, 0) is 30.6 Å². The number of aromatic amines is 1. The largest absolute Gasteiger partial charge is 0.481 e. The molecule has 0 radical (unpaired) electrons. The number of nitrogens with two attached hydrogens (primary N) is 1. The summed E-state index contributed by atoms with van der Waals surface area (Å²) in [6, 6.07) is 10.6. The van der Waals surface area contributed by atoms with Crippen molar-refractivity contribution in [1.82, 2.24) is 14.5 Å². The third kappa shape index (κ3) is 4.54. The first-order valence-electron chi connectivity index (χ1n) is 11.5. The number of fused-ring (bicyclic) bond motifs is 3. The molecule has 1 aliphatic carbocycles. The zero-order valence-corrected chi connectivity index (χ0v) is 19.1. The number of H-pyrrole nitrogens is 1. The Balaban J connectivity index is 0.000000601. The summed E-state index contributed by atoms with van der Waals surface area (Å²) < 4.78 is 2.24. The van der Waals surface area contributed by atoms with E-state index < -0.39 is 5.97 Å². The van der Waals surface area contributed by atoms with Gasteiger partial charge in [0, 0.05) is 30.6 Å². The van der Waals surface area contributed by atoms with E-state index in [-0.39, 0.29) is 5.56 Å². The van der Waals surface area contributed by atoms with Crippen LogP contribution in [0.4, 0.5) is 0 Å². The summed E-state index contributed by atoms with van der Waals surface area (Å²) in [6.07, 6.45) is 7.28. The first-order chi connectivity index (χ1) is 15.9. The Morgan fingerprint density at radius 1 is 1.24 bits per heavy atom. The maximum atomic E-state index is 13.0. The molecule has 0 saturated heterocycles. The minimum atomic E-state index is -0.833. The molecule has 0 amide bonds. The van der Waals surface area contributed by atoms with Gasteiger partial charge in [-0.15, -0.1) is 0 Å². The molecule has 0 bridgehead atoms. The van der Waals surface area contributed by atoms with Crippen LogP contribution < -0.4 is 11.3 Å². The quantitative estimate of drug-likeness (QED) is 0.428. The number of aromatic nitrogens is 3. The lowest BCUT2D eigenvalue weighted by molar-refractivity contribution is -0.134. The number of nitrogens with zero attached hydrogens (tertiary/aromatic N) is 2. The molecular weight excluding hydrogens is 416 g/mol. The molecule has 4 aromatic rings. The number of carbonyl (C=O) groups is 1. The smallest absolute Gasteiger partial charge is 0.300 e. The highest BCUT2D eigenvalue weighted by atomic mass is 16.4. The van der Waals surface area contributed by atoms with E-state index in [1.165, 1.54) is 28.6 Å². The van der Waals surface area contributed by atoms with Gasteiger partial charge in [-0.3, -0.25) is 9.59 Å². The summed E-state index contributed by atoms with van der Waals surface area (Å²) in [5.41, 5.74) is 13.9. The van der Waals surface area contributed by atoms with Gasteiger partial charge in [-0.2, -0.15) is 0 Å². The topological polar surface area (TPSA) is 114 Å². The van der Waals surface area contributed by atoms with Gasteiger partial charge in [0.25, 0.3) is 11.5 Å². The Hall–Kier alpha value is -3.45. The van der Waals surface area contributed by atoms with Crippen LogP contribution in [0, 0.1) is 0 Å². The number of carboxylic acids is 1. The highest BCUT2D eigenvalue weighted by Crippen LogP contribution is 2.32. The Bertz CT molecular complexity index is 1380. The average Bonchev–Trinajstić information content (AvgIpc) is 3.39. The minimum Gasteiger partial charge on any atom is -0.481 e. The van der Waals surface area contributed by atoms with E-state index in [0.717, 1.165) is 61.1 Å². The third-order valence-corrected chi connectivity index (χ3v) is 6.13. The van der Waals surface area contributed by atoms with Gasteiger partial charge in [-0.1, -0.05) is 25.1 Å². The normalized spacial score (nSPS) is 12.6. The number of para-hydroxylation sites is 1. The van der Waals surface area contributed by atoms with Crippen LogP contribution in [0.3, 0.4) is 0 Å². The molecule has 0 aliphatic heterocycles. The van der Waals surface area contributed by atoms with E-state index in [1.807, 2.05) is 0 Å². The van der Waals surface area contributed by atoms with Crippen LogP contribution in [0.5, 0.6) is 0 Å². The van der Waals surface area contributed by atoms with Gasteiger partial charge in [-0.25, -0.2) is 4.98 Å². The van der Waals surface area contributed by atoms with E-state index in [9.17, 15) is 4.79 Å². The Kier molecular flexibility index (Phi) is 6.60. The molecule has 0 fully saturated rings. The summed E-state index contributed by atoms with van der Waals surface area (Å²) in [4.78, 5) is 29.9. The number of nitrogens with one attached hydrogen (secondary N) is 1. The summed E-state index contributed by atoms with van der Waals surface area (Å²) in [5.74, 6) is -0.833. The zero-order valence-electron chi connectivity index (χ0n) is 19.1. The molecule has 0 spiro atoms. The number of hydrogen-bond acceptors (Lipinski definition) is 4. The minimum absolute atomic E-state index is 0.129. The number of aliphatic carboxylic acids is 1. The van der Waals surface area contributed by atoms with Gasteiger partial charge in [-0.05, 0) is 67.5 Å². The van der Waals surface area contributed by atoms with Crippen LogP contribution in [-0.4, -0.2) is 32.2 Å². The first-order valence-corrected chi connectivity index (χ1v) is 11.5. The van der Waals surface area contributed by atoms with Crippen molar-refractivity contribution >= 4 is 27.9 Å². The van der Waals surface area contributed by atoms with E-state index in [4.69, 9.17) is 20.6 Å². The summed E-state index contributed by atoms with van der Waals surface area (Å²) in [5, 5.41) is 8.50. The SMILES string of the molecule is CC(=O)O.CCc1cccc2c(-c3nc4cc5c(cc4[nH]c3=O)CCC5)cn(CCCN)c12. The lowest BCUT2D eigenvalue weighted by atomic mass is 10.0. The Morgan fingerprint density at radius 2 is 1.97 bits per heavy atom. The van der Waals surface area contributed by atoms with Crippen LogP contribution in [0.15, 0.2) is 41.3 Å². The van der Waals surface area contributed by atoms with Crippen molar-refractivity contribution in [3.63, 3.8) is 0 Å². The monoisotopic (exact) mass is 446 g/mol. The van der Waals surface area contributed by atoms with Crippen LogP contribution in [0.2, 0.25) is 0 Å². The molecule has 172 valence electrons. The molecular formula is C26H30N4O3. The van der Waals surface area contributed by atoms with Crippen molar-refractivity contribution < 1.29 is 9.90 Å². The van der Waals surface area contributed by atoms with E-state index in [1.54, 1.807) is 0 Å². The summed E-state index contributed by atoms with van der Waals surface area (Å²) in [7, 11) is 0. The molecule has 2 aromatic carbocycles. The van der Waals surface area contributed by atoms with Gasteiger partial charge in [0.05, 0.1) is 16.6 Å². The van der Waals surface area contributed by atoms with Gasteiger partial charge in [0.1, 0.15) is 5.69 Å². The molecule has 33 heavy (non-hydrogen) atoms. The van der Waals surface area contributed by atoms with Crippen LogP contribution in [0.25, 0.3) is 33.2 Å². The summed E-state index contributed by atoms with van der Waals surface area (Å²) >= 11 is 0. The highest BCUT2D eigenvalue weighted by Gasteiger charge is 2.18. The van der Waals surface area contributed by atoms with Gasteiger partial charge < -0.3 is 20.4 Å². The summed E-state index contributed by atoms with van der Waals surface area (Å²) in [6.45, 7) is 4.72. The standard InChI is InChI=1S/C24H26N4O.C2H4O2/c1-2-15-6-4-9-18-19(14-28(23(15)18)11-5-10-25)22-24(29)27-21-13-17-8-3-7-16(17)12-20(21)26-22;1-2(3)4/h4,6,9,12-14H,2-3,5,7-8,10-11,25H2,1H3,(H,27,29);1H3,(H,3,4). The molecule has 2 aromatic heterocycles. The molecule has 0 saturated carbocycles. The first kappa shape index (κ1) is 22.7. The lowest BCUT2D eigenvalue weighted by Gasteiger charge is -2.07. The fourth-order valence-electron chi connectivity index (χ4n) is 4.69. The lowest BCUT2D eigenvalue weighted by Crippen LogP contribution is -2.11. The fraction of sp³-hybridized carbons (Fsp3) is 0.346. The third-order valence-electron chi connectivity index (χ3n) is 6.13. The molecule has 7 heteroatoms. The van der Waals surface area contributed by atoms with Crippen molar-refractivity contribution in [2.45, 2.75) is 52.5 Å². The molecule has 2 heterocycles. The maximum Gasteiger partial charge on any atom is 0.300 e. The number of aryl methyl sites for hydroxylation is 4. The predicted molar refractivity (Wildman–Crippen MR) is 132 cm³/mol. The second-order valence-corrected chi connectivity index (χ2v) is 8.47. The number of hydrogen-bond donors (Lipinski definition) is 3. The zero-order chi connectivity index (χ0) is 23.5. The molecule has 5 rings (SSSR count). The predicted octanol–water partition coefficient (Wildman–Crippen LogP) is 4.04. The maximum absolute atomic E-state index is 13.0. The second-order valence-electron chi connectivity index (χ2n) is 8.47. The average molecular weight is 447 g/mol. The molecule has 4 N–H and O–H groups in total. The van der Waals surface area contributed by atoms with Crippen molar-refractivity contribution in [2.75, 3.05) is 6.54 Å². The molecule has 0 unspecified atom stereocenters. The highest BCUT2D eigenvalue weighted by molar-refractivity contribution is 5.97. The Morgan fingerprint density at radius 3 is 2.67 bits per heavy atom. The number of carboxylic acid groups (broad SMARTS) is 1. The molecule has 7 nitrogen and oxygen atoms in total. The molecule has 1 aliphatic rings. The van der Waals surface area contributed by atoms with Gasteiger partial charge in [0.15, 0.2) is 0 Å². The second kappa shape index (κ2) is 9.58. The van der Waals surface area contributed by atoms with Crippen LogP contribution in [0.1, 0.15) is 43.4 Å². The number of benzene rings is 2.